The fraction of sp³-hybridized carbons (Fsp3) is 0.231. The number of hydrogen-bond donors (Lipinski definition) is 2. The Bertz CT molecular complexity index is 652. The Morgan fingerprint density at radius 2 is 2.28 bits per heavy atom. The Hall–Kier alpha value is -2.14. The molecule has 0 fully saturated rings. The summed E-state index contributed by atoms with van der Waals surface area (Å²) in [6.45, 7) is 1.58. The SMILES string of the molecule is Cn1ccc(CNCc2c[nH]c3ncccc23)n1. The van der Waals surface area contributed by atoms with Crippen LogP contribution in [0.25, 0.3) is 11.0 Å². The van der Waals surface area contributed by atoms with Crippen LogP contribution in [0, 0.1) is 0 Å². The molecule has 3 rings (SSSR count). The number of aromatic nitrogens is 4. The van der Waals surface area contributed by atoms with E-state index >= 15 is 0 Å². The van der Waals surface area contributed by atoms with Crippen molar-refractivity contribution >= 4 is 11.0 Å². The highest BCUT2D eigenvalue weighted by Gasteiger charge is 2.03. The normalized spacial score (nSPS) is 11.2. The van der Waals surface area contributed by atoms with Gasteiger partial charge in [0.2, 0.25) is 0 Å². The summed E-state index contributed by atoms with van der Waals surface area (Å²) >= 11 is 0. The number of H-pyrrole nitrogens is 1. The Morgan fingerprint density at radius 1 is 1.33 bits per heavy atom. The third-order valence-electron chi connectivity index (χ3n) is 2.93. The van der Waals surface area contributed by atoms with Crippen LogP contribution in [0.2, 0.25) is 0 Å². The summed E-state index contributed by atoms with van der Waals surface area (Å²) in [6, 6.07) is 6.05. The van der Waals surface area contributed by atoms with Crippen molar-refractivity contribution in [2.45, 2.75) is 13.1 Å². The van der Waals surface area contributed by atoms with E-state index in [2.05, 4.69) is 26.4 Å². The fourth-order valence-corrected chi connectivity index (χ4v) is 2.04. The number of fused-ring (bicyclic) bond motifs is 1. The van der Waals surface area contributed by atoms with E-state index in [0.29, 0.717) is 0 Å². The van der Waals surface area contributed by atoms with Crippen LogP contribution in [0.15, 0.2) is 36.8 Å². The predicted molar refractivity (Wildman–Crippen MR) is 69.8 cm³/mol. The van der Waals surface area contributed by atoms with Gasteiger partial charge in [-0.1, -0.05) is 0 Å². The maximum Gasteiger partial charge on any atom is 0.137 e. The lowest BCUT2D eigenvalue weighted by Gasteiger charge is -2.01. The van der Waals surface area contributed by atoms with E-state index in [9.17, 15) is 0 Å². The molecule has 3 aromatic heterocycles. The molecular formula is C13H15N5. The van der Waals surface area contributed by atoms with Crippen LogP contribution in [0.5, 0.6) is 0 Å². The lowest BCUT2D eigenvalue weighted by Crippen LogP contribution is -2.13. The van der Waals surface area contributed by atoms with E-state index in [4.69, 9.17) is 0 Å². The van der Waals surface area contributed by atoms with Crippen LogP contribution < -0.4 is 5.32 Å². The van der Waals surface area contributed by atoms with Gasteiger partial charge in [-0.05, 0) is 23.8 Å². The molecule has 0 aromatic carbocycles. The molecule has 0 atom stereocenters. The van der Waals surface area contributed by atoms with E-state index in [-0.39, 0.29) is 0 Å². The van der Waals surface area contributed by atoms with Gasteiger partial charge < -0.3 is 10.3 Å². The number of rotatable bonds is 4. The van der Waals surface area contributed by atoms with Crippen molar-refractivity contribution in [1.29, 1.82) is 0 Å². The number of aryl methyl sites for hydroxylation is 1. The largest absolute Gasteiger partial charge is 0.346 e. The highest BCUT2D eigenvalue weighted by atomic mass is 15.3. The third kappa shape index (κ3) is 2.12. The van der Waals surface area contributed by atoms with Crippen LogP contribution >= 0.6 is 0 Å². The van der Waals surface area contributed by atoms with Gasteiger partial charge >= 0.3 is 0 Å². The van der Waals surface area contributed by atoms with E-state index in [1.165, 1.54) is 10.9 Å². The molecule has 0 bridgehead atoms. The summed E-state index contributed by atoms with van der Waals surface area (Å²) in [5.74, 6) is 0. The van der Waals surface area contributed by atoms with Gasteiger partial charge in [0.25, 0.3) is 0 Å². The molecule has 92 valence electrons. The van der Waals surface area contributed by atoms with Crippen LogP contribution in [0.4, 0.5) is 0 Å². The Labute approximate surface area is 105 Å². The maximum atomic E-state index is 4.33. The van der Waals surface area contributed by atoms with E-state index < -0.39 is 0 Å². The van der Waals surface area contributed by atoms with Gasteiger partial charge in [-0.3, -0.25) is 4.68 Å². The Morgan fingerprint density at radius 3 is 3.11 bits per heavy atom. The van der Waals surface area contributed by atoms with Gasteiger partial charge in [0.1, 0.15) is 5.65 Å². The summed E-state index contributed by atoms with van der Waals surface area (Å²) in [5.41, 5.74) is 3.22. The molecule has 0 saturated heterocycles. The van der Waals surface area contributed by atoms with E-state index in [1.807, 2.05) is 36.3 Å². The van der Waals surface area contributed by atoms with Crippen molar-refractivity contribution in [3.8, 4) is 0 Å². The first-order valence-corrected chi connectivity index (χ1v) is 5.93. The van der Waals surface area contributed by atoms with Crippen molar-refractivity contribution < 1.29 is 0 Å². The summed E-state index contributed by atoms with van der Waals surface area (Å²) < 4.78 is 1.81. The first kappa shape index (κ1) is 11.0. The molecule has 0 spiro atoms. The van der Waals surface area contributed by atoms with E-state index in [0.717, 1.165) is 24.4 Å². The van der Waals surface area contributed by atoms with Gasteiger partial charge in [-0.25, -0.2) is 4.98 Å². The number of nitrogens with one attached hydrogen (secondary N) is 2. The van der Waals surface area contributed by atoms with Crippen LogP contribution in [0.3, 0.4) is 0 Å². The number of pyridine rings is 1. The molecule has 0 unspecified atom stereocenters. The second-order valence-corrected chi connectivity index (χ2v) is 4.30. The Kier molecular flexibility index (Phi) is 2.82. The molecule has 3 aromatic rings. The van der Waals surface area contributed by atoms with Crippen LogP contribution in [0.1, 0.15) is 11.3 Å². The minimum atomic E-state index is 0.772. The topological polar surface area (TPSA) is 58.5 Å². The zero-order valence-electron chi connectivity index (χ0n) is 10.2. The summed E-state index contributed by atoms with van der Waals surface area (Å²) in [5, 5.41) is 8.88. The highest BCUT2D eigenvalue weighted by molar-refractivity contribution is 5.79. The quantitative estimate of drug-likeness (QED) is 0.729. The first-order valence-electron chi connectivity index (χ1n) is 5.93. The van der Waals surface area contributed by atoms with Crippen molar-refractivity contribution in [2.75, 3.05) is 0 Å². The summed E-state index contributed by atoms with van der Waals surface area (Å²) in [6.07, 6.45) is 5.75. The van der Waals surface area contributed by atoms with Crippen molar-refractivity contribution in [3.05, 3.63) is 48.0 Å². The summed E-state index contributed by atoms with van der Waals surface area (Å²) in [7, 11) is 1.93. The standard InChI is InChI=1S/C13H15N5/c1-18-6-4-11(17-18)9-14-7-10-8-16-13-12(10)3-2-5-15-13/h2-6,8,14H,7,9H2,1H3,(H,15,16). The second-order valence-electron chi connectivity index (χ2n) is 4.30. The molecule has 0 radical (unpaired) electrons. The zero-order chi connectivity index (χ0) is 12.4. The Balaban J connectivity index is 1.66. The fourth-order valence-electron chi connectivity index (χ4n) is 2.04. The monoisotopic (exact) mass is 241 g/mol. The molecule has 0 amide bonds. The van der Waals surface area contributed by atoms with Gasteiger partial charge in [0, 0.05) is 44.1 Å². The predicted octanol–water partition coefficient (Wildman–Crippen LogP) is 1.59. The van der Waals surface area contributed by atoms with Crippen molar-refractivity contribution in [1.82, 2.24) is 25.1 Å². The summed E-state index contributed by atoms with van der Waals surface area (Å²) in [4.78, 5) is 7.44. The molecule has 0 aliphatic heterocycles. The molecule has 0 aliphatic carbocycles. The number of aromatic amines is 1. The van der Waals surface area contributed by atoms with Crippen LogP contribution in [-0.4, -0.2) is 19.7 Å². The van der Waals surface area contributed by atoms with Gasteiger partial charge in [-0.15, -0.1) is 0 Å². The van der Waals surface area contributed by atoms with Crippen molar-refractivity contribution in [3.63, 3.8) is 0 Å². The second kappa shape index (κ2) is 4.62. The highest BCUT2D eigenvalue weighted by Crippen LogP contribution is 2.15. The average Bonchev–Trinajstić information content (AvgIpc) is 2.97. The van der Waals surface area contributed by atoms with Crippen molar-refractivity contribution in [2.24, 2.45) is 7.05 Å². The minimum Gasteiger partial charge on any atom is -0.346 e. The van der Waals surface area contributed by atoms with Gasteiger partial charge in [0.15, 0.2) is 0 Å². The van der Waals surface area contributed by atoms with Crippen LogP contribution in [-0.2, 0) is 20.1 Å². The molecular weight excluding hydrogens is 226 g/mol. The number of nitrogens with zero attached hydrogens (tertiary/aromatic N) is 3. The van der Waals surface area contributed by atoms with Gasteiger partial charge in [0.05, 0.1) is 5.69 Å². The smallest absolute Gasteiger partial charge is 0.137 e. The molecule has 5 heteroatoms. The third-order valence-corrected chi connectivity index (χ3v) is 2.93. The molecule has 5 nitrogen and oxygen atoms in total. The van der Waals surface area contributed by atoms with E-state index in [1.54, 1.807) is 6.20 Å². The molecule has 2 N–H and O–H groups in total. The minimum absolute atomic E-state index is 0.772. The van der Waals surface area contributed by atoms with Gasteiger partial charge in [-0.2, -0.15) is 5.10 Å². The maximum absolute atomic E-state index is 4.33. The zero-order valence-corrected chi connectivity index (χ0v) is 10.2. The molecule has 0 saturated carbocycles. The number of hydrogen-bond acceptors (Lipinski definition) is 3. The molecule has 3 heterocycles. The lowest BCUT2D eigenvalue weighted by atomic mass is 10.2. The molecule has 0 aliphatic rings. The molecule has 18 heavy (non-hydrogen) atoms. The lowest BCUT2D eigenvalue weighted by molar-refractivity contribution is 0.658. The first-order chi connectivity index (χ1) is 8.83. The average molecular weight is 241 g/mol.